The molecule has 2 heterocycles. The Morgan fingerprint density at radius 1 is 1.07 bits per heavy atom. The molecule has 9 heteroatoms. The van der Waals surface area contributed by atoms with Gasteiger partial charge in [-0.2, -0.15) is 4.98 Å². The van der Waals surface area contributed by atoms with Crippen molar-refractivity contribution in [3.8, 4) is 0 Å². The highest BCUT2D eigenvalue weighted by molar-refractivity contribution is 6.31. The molecule has 0 aliphatic carbocycles. The van der Waals surface area contributed by atoms with Gasteiger partial charge in [0.05, 0.1) is 10.5 Å². The number of likely N-dealkylation sites (tertiary alicyclic amines) is 1. The van der Waals surface area contributed by atoms with E-state index in [1.54, 1.807) is 6.07 Å². The predicted octanol–water partition coefficient (Wildman–Crippen LogP) is 5.52. The Labute approximate surface area is 186 Å². The molecular formula is C20H23Cl3FN5. The second-order valence-corrected chi connectivity index (χ2v) is 7.30. The molecule has 2 aromatic carbocycles. The SMILES string of the molecule is CN1CCC(Nc2nc(Nc3ccc(F)c(Cl)c3)nc3ccccc23)CC1.Cl.Cl. The molecule has 4 rings (SSSR count). The molecule has 2 N–H and O–H groups in total. The van der Waals surface area contributed by atoms with E-state index in [0.29, 0.717) is 17.7 Å². The molecule has 1 aliphatic heterocycles. The lowest BCUT2D eigenvalue weighted by molar-refractivity contribution is 0.264. The summed E-state index contributed by atoms with van der Waals surface area (Å²) < 4.78 is 13.4. The van der Waals surface area contributed by atoms with Crippen LogP contribution in [0, 0.1) is 5.82 Å². The van der Waals surface area contributed by atoms with Crippen molar-refractivity contribution in [3.05, 3.63) is 53.3 Å². The lowest BCUT2D eigenvalue weighted by Crippen LogP contribution is -2.37. The molecule has 1 saturated heterocycles. The fourth-order valence-corrected chi connectivity index (χ4v) is 3.47. The molecule has 0 unspecified atom stereocenters. The fourth-order valence-electron chi connectivity index (χ4n) is 3.29. The number of rotatable bonds is 4. The third kappa shape index (κ3) is 5.60. The summed E-state index contributed by atoms with van der Waals surface area (Å²) in [7, 11) is 2.14. The molecule has 1 fully saturated rings. The summed E-state index contributed by atoms with van der Waals surface area (Å²) in [4.78, 5) is 11.6. The van der Waals surface area contributed by atoms with E-state index in [-0.39, 0.29) is 29.8 Å². The van der Waals surface area contributed by atoms with E-state index in [1.807, 2.05) is 24.3 Å². The molecule has 0 saturated carbocycles. The number of nitrogens with one attached hydrogen (secondary N) is 2. The molecule has 0 spiro atoms. The molecule has 0 bridgehead atoms. The number of piperidine rings is 1. The highest BCUT2D eigenvalue weighted by Crippen LogP contribution is 2.27. The minimum Gasteiger partial charge on any atom is -0.367 e. The molecule has 0 atom stereocenters. The quantitative estimate of drug-likeness (QED) is 0.539. The molecule has 1 aromatic heterocycles. The van der Waals surface area contributed by atoms with Gasteiger partial charge in [0.25, 0.3) is 0 Å². The van der Waals surface area contributed by atoms with Crippen molar-refractivity contribution in [1.29, 1.82) is 0 Å². The maximum absolute atomic E-state index is 13.4. The van der Waals surface area contributed by atoms with Gasteiger partial charge in [-0.1, -0.05) is 23.7 Å². The van der Waals surface area contributed by atoms with E-state index >= 15 is 0 Å². The van der Waals surface area contributed by atoms with Gasteiger partial charge in [-0.15, -0.1) is 24.8 Å². The summed E-state index contributed by atoms with van der Waals surface area (Å²) in [6, 6.07) is 12.8. The van der Waals surface area contributed by atoms with Crippen LogP contribution >= 0.6 is 36.4 Å². The zero-order valence-corrected chi connectivity index (χ0v) is 18.3. The third-order valence-electron chi connectivity index (χ3n) is 4.84. The first-order valence-electron chi connectivity index (χ1n) is 9.02. The molecule has 3 aromatic rings. The van der Waals surface area contributed by atoms with Crippen LogP contribution in [0.15, 0.2) is 42.5 Å². The summed E-state index contributed by atoms with van der Waals surface area (Å²) in [6.07, 6.45) is 2.15. The van der Waals surface area contributed by atoms with E-state index in [0.717, 1.165) is 42.7 Å². The van der Waals surface area contributed by atoms with E-state index in [9.17, 15) is 4.39 Å². The van der Waals surface area contributed by atoms with Crippen LogP contribution in [0.5, 0.6) is 0 Å². The van der Waals surface area contributed by atoms with Gasteiger partial charge in [-0.25, -0.2) is 9.37 Å². The molecule has 29 heavy (non-hydrogen) atoms. The third-order valence-corrected chi connectivity index (χ3v) is 5.13. The summed E-state index contributed by atoms with van der Waals surface area (Å²) in [5.74, 6) is 0.809. The average Bonchev–Trinajstić information content (AvgIpc) is 2.67. The first kappa shape index (κ1) is 23.4. The minimum absolute atomic E-state index is 0. The zero-order valence-electron chi connectivity index (χ0n) is 15.9. The van der Waals surface area contributed by atoms with Crippen LogP contribution in [0.4, 0.5) is 21.8 Å². The first-order chi connectivity index (χ1) is 13.1. The second-order valence-electron chi connectivity index (χ2n) is 6.89. The van der Waals surface area contributed by atoms with Gasteiger partial charge in [0.1, 0.15) is 11.6 Å². The lowest BCUT2D eigenvalue weighted by atomic mass is 10.1. The van der Waals surface area contributed by atoms with Crippen LogP contribution in [0.2, 0.25) is 5.02 Å². The summed E-state index contributed by atoms with van der Waals surface area (Å²) >= 11 is 5.87. The number of halogens is 4. The number of nitrogens with zero attached hydrogens (tertiary/aromatic N) is 3. The minimum atomic E-state index is -0.453. The van der Waals surface area contributed by atoms with Crippen molar-refractivity contribution in [2.45, 2.75) is 18.9 Å². The van der Waals surface area contributed by atoms with Gasteiger partial charge in [0, 0.05) is 17.1 Å². The van der Waals surface area contributed by atoms with Crippen molar-refractivity contribution in [3.63, 3.8) is 0 Å². The lowest BCUT2D eigenvalue weighted by Gasteiger charge is -2.30. The molecule has 1 aliphatic rings. The van der Waals surface area contributed by atoms with Gasteiger partial charge in [0.15, 0.2) is 0 Å². The fraction of sp³-hybridized carbons (Fsp3) is 0.300. The second kappa shape index (κ2) is 10.3. The van der Waals surface area contributed by atoms with Crippen molar-refractivity contribution < 1.29 is 4.39 Å². The standard InChI is InChI=1S/C20H21ClFN5.2ClH/c1-27-10-8-13(9-11-27)23-19-15-4-2-3-5-18(15)25-20(26-19)24-14-6-7-17(22)16(21)12-14;;/h2-7,12-13H,8-11H2,1H3,(H2,23,24,25,26);2*1H. The molecule has 5 nitrogen and oxygen atoms in total. The van der Waals surface area contributed by atoms with Crippen LogP contribution in [0.3, 0.4) is 0 Å². The maximum atomic E-state index is 13.4. The van der Waals surface area contributed by atoms with E-state index in [1.165, 1.54) is 12.1 Å². The van der Waals surface area contributed by atoms with Crippen LogP contribution in [-0.4, -0.2) is 41.0 Å². The number of hydrogen-bond acceptors (Lipinski definition) is 5. The maximum Gasteiger partial charge on any atom is 0.229 e. The van der Waals surface area contributed by atoms with Gasteiger partial charge < -0.3 is 15.5 Å². The number of anilines is 3. The largest absolute Gasteiger partial charge is 0.367 e. The summed E-state index contributed by atoms with van der Waals surface area (Å²) in [6.45, 7) is 2.14. The van der Waals surface area contributed by atoms with E-state index in [4.69, 9.17) is 11.6 Å². The Hall–Kier alpha value is -1.86. The van der Waals surface area contributed by atoms with Crippen LogP contribution < -0.4 is 10.6 Å². The smallest absolute Gasteiger partial charge is 0.229 e. The predicted molar refractivity (Wildman–Crippen MR) is 123 cm³/mol. The van der Waals surface area contributed by atoms with Crippen LogP contribution in [0.25, 0.3) is 10.9 Å². The number of hydrogen-bond donors (Lipinski definition) is 2. The Balaban J connectivity index is 0.00000150. The summed E-state index contributed by atoms with van der Waals surface area (Å²) in [5.41, 5.74) is 1.49. The first-order valence-corrected chi connectivity index (χ1v) is 9.40. The highest BCUT2D eigenvalue weighted by atomic mass is 35.5. The molecule has 156 valence electrons. The van der Waals surface area contributed by atoms with Crippen molar-refractivity contribution >= 4 is 64.8 Å². The van der Waals surface area contributed by atoms with Crippen molar-refractivity contribution in [2.75, 3.05) is 30.8 Å². The average molecular weight is 459 g/mol. The number of fused-ring (bicyclic) bond motifs is 1. The monoisotopic (exact) mass is 457 g/mol. The van der Waals surface area contributed by atoms with Gasteiger partial charge in [0.2, 0.25) is 5.95 Å². The normalized spacial score (nSPS) is 14.7. The Kier molecular flexibility index (Phi) is 8.28. The van der Waals surface area contributed by atoms with E-state index in [2.05, 4.69) is 32.5 Å². The Morgan fingerprint density at radius 2 is 1.79 bits per heavy atom. The Morgan fingerprint density at radius 3 is 2.52 bits per heavy atom. The molecular weight excluding hydrogens is 436 g/mol. The van der Waals surface area contributed by atoms with Crippen molar-refractivity contribution in [1.82, 2.24) is 14.9 Å². The zero-order chi connectivity index (χ0) is 18.8. The van der Waals surface area contributed by atoms with Gasteiger partial charge in [-0.3, -0.25) is 0 Å². The van der Waals surface area contributed by atoms with Gasteiger partial charge in [-0.05, 0) is 63.3 Å². The molecule has 0 radical (unpaired) electrons. The van der Waals surface area contributed by atoms with Crippen LogP contribution in [0.1, 0.15) is 12.8 Å². The van der Waals surface area contributed by atoms with Gasteiger partial charge >= 0.3 is 0 Å². The molecule has 0 amide bonds. The topological polar surface area (TPSA) is 53.1 Å². The number of aromatic nitrogens is 2. The highest BCUT2D eigenvalue weighted by Gasteiger charge is 2.18. The van der Waals surface area contributed by atoms with Crippen LogP contribution in [-0.2, 0) is 0 Å². The van der Waals surface area contributed by atoms with Crippen molar-refractivity contribution in [2.24, 2.45) is 0 Å². The summed E-state index contributed by atoms with van der Waals surface area (Å²) in [5, 5.41) is 7.76. The van der Waals surface area contributed by atoms with E-state index < -0.39 is 5.82 Å². The number of benzene rings is 2. The number of para-hydroxylation sites is 1. The Bertz CT molecular complexity index is 964.